The van der Waals surface area contributed by atoms with E-state index < -0.39 is 0 Å². The van der Waals surface area contributed by atoms with Crippen molar-refractivity contribution in [2.24, 2.45) is 10.9 Å². The summed E-state index contributed by atoms with van der Waals surface area (Å²) < 4.78 is 0. The molecule has 0 bridgehead atoms. The Morgan fingerprint density at radius 2 is 2.05 bits per heavy atom. The van der Waals surface area contributed by atoms with Crippen molar-refractivity contribution in [2.45, 2.75) is 12.3 Å². The third-order valence-corrected chi connectivity index (χ3v) is 3.94. The Balaban J connectivity index is 1.84. The van der Waals surface area contributed by atoms with Gasteiger partial charge in [-0.25, -0.2) is 0 Å². The second-order valence-corrected chi connectivity index (χ2v) is 5.20. The topological polar surface area (TPSA) is 74.7 Å². The molecule has 1 unspecified atom stereocenters. The second-order valence-electron chi connectivity index (χ2n) is 5.20. The standard InChI is InChI=1S/C16H18N4O/c17-16(19-21)15-14(7-4-9-18-15)20-10-8-13(11-20)12-5-2-1-3-6-12/h1-7,9,13,21H,8,10-11H2,(H2,17,19). The maximum atomic E-state index is 8.89. The van der Waals surface area contributed by atoms with Crippen LogP contribution in [0.2, 0.25) is 0 Å². The average molecular weight is 282 g/mol. The summed E-state index contributed by atoms with van der Waals surface area (Å²) in [6.45, 7) is 1.86. The Labute approximate surface area is 123 Å². The quantitative estimate of drug-likeness (QED) is 0.391. The van der Waals surface area contributed by atoms with Gasteiger partial charge in [-0.2, -0.15) is 0 Å². The van der Waals surface area contributed by atoms with Gasteiger partial charge in [0.1, 0.15) is 5.69 Å². The predicted molar refractivity (Wildman–Crippen MR) is 82.8 cm³/mol. The lowest BCUT2D eigenvalue weighted by molar-refractivity contribution is 0.318. The normalized spacial score (nSPS) is 19.0. The van der Waals surface area contributed by atoms with E-state index in [9.17, 15) is 0 Å². The van der Waals surface area contributed by atoms with Gasteiger partial charge in [-0.1, -0.05) is 35.5 Å². The highest BCUT2D eigenvalue weighted by Crippen LogP contribution is 2.31. The molecule has 1 aliphatic rings. The largest absolute Gasteiger partial charge is 0.409 e. The van der Waals surface area contributed by atoms with Crippen molar-refractivity contribution in [2.75, 3.05) is 18.0 Å². The average Bonchev–Trinajstić information content (AvgIpc) is 3.05. The molecule has 1 aromatic heterocycles. The number of oxime groups is 1. The van der Waals surface area contributed by atoms with E-state index >= 15 is 0 Å². The summed E-state index contributed by atoms with van der Waals surface area (Å²) in [7, 11) is 0. The Morgan fingerprint density at radius 1 is 1.24 bits per heavy atom. The molecule has 1 fully saturated rings. The SMILES string of the molecule is N/C(=N/O)c1ncccc1N1CCC(c2ccccc2)C1. The van der Waals surface area contributed by atoms with Crippen molar-refractivity contribution in [3.63, 3.8) is 0 Å². The second kappa shape index (κ2) is 5.83. The highest BCUT2D eigenvalue weighted by molar-refractivity contribution is 6.00. The Bertz CT molecular complexity index is 642. The molecule has 1 saturated heterocycles. The summed E-state index contributed by atoms with van der Waals surface area (Å²) in [4.78, 5) is 6.48. The van der Waals surface area contributed by atoms with Crippen LogP contribution in [0.3, 0.4) is 0 Å². The van der Waals surface area contributed by atoms with Gasteiger partial charge >= 0.3 is 0 Å². The van der Waals surface area contributed by atoms with Crippen molar-refractivity contribution in [1.29, 1.82) is 0 Å². The molecule has 1 aliphatic heterocycles. The van der Waals surface area contributed by atoms with E-state index in [2.05, 4.69) is 39.3 Å². The number of benzene rings is 1. The number of nitrogens with two attached hydrogens (primary N) is 1. The lowest BCUT2D eigenvalue weighted by Gasteiger charge is -2.21. The van der Waals surface area contributed by atoms with Crippen LogP contribution in [0.1, 0.15) is 23.6 Å². The highest BCUT2D eigenvalue weighted by atomic mass is 16.4. The number of aromatic nitrogens is 1. The first-order valence-electron chi connectivity index (χ1n) is 7.02. The van der Waals surface area contributed by atoms with Crippen molar-refractivity contribution in [1.82, 2.24) is 4.98 Å². The smallest absolute Gasteiger partial charge is 0.190 e. The molecular weight excluding hydrogens is 264 g/mol. The molecule has 3 N–H and O–H groups in total. The Kier molecular flexibility index (Phi) is 3.73. The number of pyridine rings is 1. The van der Waals surface area contributed by atoms with Crippen molar-refractivity contribution < 1.29 is 5.21 Å². The fraction of sp³-hybridized carbons (Fsp3) is 0.250. The minimum atomic E-state index is 0.0498. The van der Waals surface area contributed by atoms with Crippen LogP contribution in [-0.4, -0.2) is 29.1 Å². The summed E-state index contributed by atoms with van der Waals surface area (Å²) in [5, 5.41) is 12.0. The fourth-order valence-corrected chi connectivity index (χ4v) is 2.87. The highest BCUT2D eigenvalue weighted by Gasteiger charge is 2.26. The molecule has 0 saturated carbocycles. The molecule has 21 heavy (non-hydrogen) atoms. The maximum Gasteiger partial charge on any atom is 0.190 e. The Morgan fingerprint density at radius 3 is 2.81 bits per heavy atom. The summed E-state index contributed by atoms with van der Waals surface area (Å²) >= 11 is 0. The van der Waals surface area contributed by atoms with E-state index in [1.807, 2.05) is 18.2 Å². The van der Waals surface area contributed by atoms with Crippen LogP contribution in [0.4, 0.5) is 5.69 Å². The first-order valence-corrected chi connectivity index (χ1v) is 7.02. The molecule has 0 radical (unpaired) electrons. The number of rotatable bonds is 3. The van der Waals surface area contributed by atoms with E-state index in [4.69, 9.17) is 10.9 Å². The number of nitrogens with zero attached hydrogens (tertiary/aromatic N) is 3. The van der Waals surface area contributed by atoms with Crippen LogP contribution >= 0.6 is 0 Å². The van der Waals surface area contributed by atoms with Gasteiger partial charge in [0.15, 0.2) is 5.84 Å². The van der Waals surface area contributed by atoms with Crippen molar-refractivity contribution in [3.05, 3.63) is 59.9 Å². The zero-order valence-corrected chi connectivity index (χ0v) is 11.7. The molecule has 108 valence electrons. The van der Waals surface area contributed by atoms with E-state index in [-0.39, 0.29) is 5.84 Å². The van der Waals surface area contributed by atoms with Gasteiger partial charge in [0, 0.05) is 25.2 Å². The van der Waals surface area contributed by atoms with Gasteiger partial charge in [0.2, 0.25) is 0 Å². The van der Waals surface area contributed by atoms with Crippen LogP contribution in [0, 0.1) is 0 Å². The summed E-state index contributed by atoms with van der Waals surface area (Å²) in [6.07, 6.45) is 2.75. The maximum absolute atomic E-state index is 8.89. The van der Waals surface area contributed by atoms with Crippen molar-refractivity contribution in [3.8, 4) is 0 Å². The number of hydrogen-bond acceptors (Lipinski definition) is 4. The number of amidine groups is 1. The summed E-state index contributed by atoms with van der Waals surface area (Å²) in [6, 6.07) is 14.4. The molecule has 1 aromatic carbocycles. The minimum Gasteiger partial charge on any atom is -0.409 e. The zero-order chi connectivity index (χ0) is 14.7. The fourth-order valence-electron chi connectivity index (χ4n) is 2.87. The van der Waals surface area contributed by atoms with Crippen molar-refractivity contribution >= 4 is 11.5 Å². The molecule has 0 spiro atoms. The van der Waals surface area contributed by atoms with Gasteiger partial charge in [-0.05, 0) is 24.1 Å². The molecule has 3 rings (SSSR count). The predicted octanol–water partition coefficient (Wildman–Crippen LogP) is 2.17. The molecule has 5 nitrogen and oxygen atoms in total. The third kappa shape index (κ3) is 2.67. The van der Waals surface area contributed by atoms with E-state index in [0.29, 0.717) is 11.6 Å². The van der Waals surface area contributed by atoms with Gasteiger partial charge in [0.05, 0.1) is 5.69 Å². The molecule has 5 heteroatoms. The summed E-state index contributed by atoms with van der Waals surface area (Å²) in [5.74, 6) is 0.556. The van der Waals surface area contributed by atoms with Crippen LogP contribution in [0.15, 0.2) is 53.8 Å². The van der Waals surface area contributed by atoms with Crippen LogP contribution < -0.4 is 10.6 Å². The lowest BCUT2D eigenvalue weighted by Crippen LogP contribution is -2.25. The van der Waals surface area contributed by atoms with Crippen LogP contribution in [-0.2, 0) is 0 Å². The van der Waals surface area contributed by atoms with E-state index in [0.717, 1.165) is 25.2 Å². The minimum absolute atomic E-state index is 0.0498. The first-order chi connectivity index (χ1) is 10.3. The monoisotopic (exact) mass is 282 g/mol. The molecular formula is C16H18N4O. The van der Waals surface area contributed by atoms with Gasteiger partial charge in [0.25, 0.3) is 0 Å². The molecule has 0 aliphatic carbocycles. The molecule has 1 atom stereocenters. The zero-order valence-electron chi connectivity index (χ0n) is 11.7. The lowest BCUT2D eigenvalue weighted by atomic mass is 9.99. The van der Waals surface area contributed by atoms with Crippen LogP contribution in [0.25, 0.3) is 0 Å². The number of hydrogen-bond donors (Lipinski definition) is 2. The van der Waals surface area contributed by atoms with E-state index in [1.165, 1.54) is 5.56 Å². The van der Waals surface area contributed by atoms with Gasteiger partial charge in [-0.3, -0.25) is 4.98 Å². The van der Waals surface area contributed by atoms with Crippen LogP contribution in [0.5, 0.6) is 0 Å². The molecule has 2 aromatic rings. The Hall–Kier alpha value is -2.56. The van der Waals surface area contributed by atoms with Gasteiger partial charge < -0.3 is 15.8 Å². The molecule has 2 heterocycles. The number of anilines is 1. The van der Waals surface area contributed by atoms with E-state index in [1.54, 1.807) is 6.20 Å². The third-order valence-electron chi connectivity index (χ3n) is 3.94. The van der Waals surface area contributed by atoms with Gasteiger partial charge in [-0.15, -0.1) is 0 Å². The summed E-state index contributed by atoms with van der Waals surface area (Å²) in [5.41, 5.74) is 8.53. The first kappa shape index (κ1) is 13.4. The molecule has 0 amide bonds.